The highest BCUT2D eigenvalue weighted by Gasteiger charge is 2.28. The lowest BCUT2D eigenvalue weighted by atomic mass is 10.2. The molecule has 0 saturated carbocycles. The minimum absolute atomic E-state index is 0.127. The highest BCUT2D eigenvalue weighted by molar-refractivity contribution is 7.92. The first-order valence-electron chi connectivity index (χ1n) is 8.54. The minimum Gasteiger partial charge on any atom is -0.377 e. The summed E-state index contributed by atoms with van der Waals surface area (Å²) in [6.07, 6.45) is 2.51. The Morgan fingerprint density at radius 1 is 1.16 bits per heavy atom. The van der Waals surface area contributed by atoms with Gasteiger partial charge in [0, 0.05) is 44.4 Å². The molecule has 1 unspecified atom stereocenters. The lowest BCUT2D eigenvalue weighted by molar-refractivity contribution is -0.130. The van der Waals surface area contributed by atoms with Crippen molar-refractivity contribution in [2.45, 2.75) is 23.8 Å². The summed E-state index contributed by atoms with van der Waals surface area (Å²) in [5.74, 6) is -0.841. The number of hydrogen-bond acceptors (Lipinski definition) is 5. The van der Waals surface area contributed by atoms with Gasteiger partial charge in [-0.1, -0.05) is 11.6 Å². The van der Waals surface area contributed by atoms with Crippen LogP contribution in [0, 0.1) is 0 Å². The quantitative estimate of drug-likeness (QED) is 0.766. The zero-order valence-electron chi connectivity index (χ0n) is 14.1. The first-order chi connectivity index (χ1) is 11.9. The highest BCUT2D eigenvalue weighted by Crippen LogP contribution is 2.17. The number of sulfone groups is 1. The van der Waals surface area contributed by atoms with Gasteiger partial charge in [-0.05, 0) is 37.1 Å². The Kier molecular flexibility index (Phi) is 5.99. The van der Waals surface area contributed by atoms with Crippen LogP contribution in [0.25, 0.3) is 0 Å². The zero-order valence-corrected chi connectivity index (χ0v) is 15.6. The summed E-state index contributed by atoms with van der Waals surface area (Å²) in [6.45, 7) is 4.36. The minimum atomic E-state index is -3.64. The Labute approximate surface area is 153 Å². The normalized spacial score (nSPS) is 22.3. The number of carbonyl (C=O) groups is 1. The zero-order chi connectivity index (χ0) is 17.9. The van der Waals surface area contributed by atoms with Gasteiger partial charge in [0.2, 0.25) is 5.91 Å². The lowest BCUT2D eigenvalue weighted by Crippen LogP contribution is -2.51. The van der Waals surface area contributed by atoms with E-state index in [1.807, 2.05) is 0 Å². The van der Waals surface area contributed by atoms with E-state index in [1.54, 1.807) is 4.90 Å². The van der Waals surface area contributed by atoms with Gasteiger partial charge >= 0.3 is 0 Å². The third-order valence-corrected chi connectivity index (χ3v) is 6.57. The number of rotatable bonds is 5. The van der Waals surface area contributed by atoms with Gasteiger partial charge < -0.3 is 9.64 Å². The van der Waals surface area contributed by atoms with Gasteiger partial charge in [-0.25, -0.2) is 8.42 Å². The summed E-state index contributed by atoms with van der Waals surface area (Å²) >= 11 is 5.78. The van der Waals surface area contributed by atoms with E-state index in [9.17, 15) is 13.2 Å². The third kappa shape index (κ3) is 4.94. The summed E-state index contributed by atoms with van der Waals surface area (Å²) in [6, 6.07) is 5.90. The van der Waals surface area contributed by atoms with Crippen LogP contribution in [0.15, 0.2) is 29.2 Å². The number of ether oxygens (including phenoxy) is 1. The van der Waals surface area contributed by atoms with Gasteiger partial charge in [0.25, 0.3) is 0 Å². The molecule has 1 amide bonds. The van der Waals surface area contributed by atoms with Gasteiger partial charge in [-0.15, -0.1) is 0 Å². The Morgan fingerprint density at radius 3 is 2.44 bits per heavy atom. The van der Waals surface area contributed by atoms with Crippen molar-refractivity contribution in [2.75, 3.05) is 45.1 Å². The number of benzene rings is 1. The van der Waals surface area contributed by atoms with Gasteiger partial charge in [-0.2, -0.15) is 0 Å². The van der Waals surface area contributed by atoms with Gasteiger partial charge in [0.1, 0.15) is 5.75 Å². The Balaban J connectivity index is 1.51. The fourth-order valence-corrected chi connectivity index (χ4v) is 4.59. The van der Waals surface area contributed by atoms with Crippen LogP contribution < -0.4 is 0 Å². The molecule has 0 radical (unpaired) electrons. The van der Waals surface area contributed by atoms with Crippen molar-refractivity contribution < 1.29 is 17.9 Å². The fourth-order valence-electron chi connectivity index (χ4n) is 3.24. The average molecular weight is 387 g/mol. The maximum atomic E-state index is 12.4. The van der Waals surface area contributed by atoms with Gasteiger partial charge in [0.15, 0.2) is 9.84 Å². The third-order valence-electron chi connectivity index (χ3n) is 4.70. The van der Waals surface area contributed by atoms with Crippen molar-refractivity contribution in [1.82, 2.24) is 9.80 Å². The first kappa shape index (κ1) is 18.6. The van der Waals surface area contributed by atoms with Crippen molar-refractivity contribution in [3.8, 4) is 0 Å². The van der Waals surface area contributed by atoms with Gasteiger partial charge in [-0.3, -0.25) is 9.69 Å². The molecule has 1 aromatic rings. The summed E-state index contributed by atoms with van der Waals surface area (Å²) in [7, 11) is -3.64. The Bertz CT molecular complexity index is 694. The molecule has 2 aliphatic rings. The standard InChI is InChI=1S/C17H23ClN2O4S/c18-14-3-5-16(6-4-14)25(22,23)13-17(21)20-9-7-19(8-10-20)12-15-2-1-11-24-15/h3-6,15H,1-2,7-13H2. The number of amides is 1. The number of hydrogen-bond donors (Lipinski definition) is 0. The molecule has 0 aliphatic carbocycles. The molecule has 8 heteroatoms. The predicted octanol–water partition coefficient (Wildman–Crippen LogP) is 1.44. The van der Waals surface area contributed by atoms with Crippen molar-refractivity contribution >= 4 is 27.3 Å². The molecule has 2 aliphatic heterocycles. The number of nitrogens with zero attached hydrogens (tertiary/aromatic N) is 2. The topological polar surface area (TPSA) is 66.9 Å². The van der Waals surface area contributed by atoms with Crippen LogP contribution in [0.1, 0.15) is 12.8 Å². The molecule has 138 valence electrons. The maximum Gasteiger partial charge on any atom is 0.238 e. The fraction of sp³-hybridized carbons (Fsp3) is 0.588. The van der Waals surface area contributed by atoms with Crippen LogP contribution in [-0.4, -0.2) is 75.3 Å². The van der Waals surface area contributed by atoms with Crippen molar-refractivity contribution in [1.29, 1.82) is 0 Å². The lowest BCUT2D eigenvalue weighted by Gasteiger charge is -2.35. The molecule has 1 atom stereocenters. The summed E-state index contributed by atoms with van der Waals surface area (Å²) in [5.41, 5.74) is 0. The second kappa shape index (κ2) is 8.03. The Hall–Kier alpha value is -1.15. The Morgan fingerprint density at radius 2 is 1.84 bits per heavy atom. The molecule has 2 fully saturated rings. The van der Waals surface area contributed by atoms with Crippen molar-refractivity contribution in [2.24, 2.45) is 0 Å². The number of piperazine rings is 1. The monoisotopic (exact) mass is 386 g/mol. The molecule has 0 aromatic heterocycles. The molecule has 0 spiro atoms. The molecular formula is C17H23ClN2O4S. The second-order valence-corrected chi connectivity index (χ2v) is 8.96. The molecule has 0 bridgehead atoms. The van der Waals surface area contributed by atoms with E-state index in [1.165, 1.54) is 24.3 Å². The molecule has 2 saturated heterocycles. The van der Waals surface area contributed by atoms with Crippen LogP contribution in [0.2, 0.25) is 5.02 Å². The van der Waals surface area contributed by atoms with E-state index in [0.29, 0.717) is 24.2 Å². The van der Waals surface area contributed by atoms with E-state index >= 15 is 0 Å². The average Bonchev–Trinajstić information content (AvgIpc) is 3.08. The molecule has 1 aromatic carbocycles. The smallest absolute Gasteiger partial charge is 0.238 e. The van der Waals surface area contributed by atoms with E-state index < -0.39 is 15.6 Å². The molecular weight excluding hydrogens is 364 g/mol. The van der Waals surface area contributed by atoms with E-state index in [2.05, 4.69) is 4.90 Å². The molecule has 25 heavy (non-hydrogen) atoms. The molecule has 0 N–H and O–H groups in total. The SMILES string of the molecule is O=C(CS(=O)(=O)c1ccc(Cl)cc1)N1CCN(CC2CCCO2)CC1. The molecule has 6 nitrogen and oxygen atoms in total. The van der Waals surface area contributed by atoms with Crippen LogP contribution in [0.3, 0.4) is 0 Å². The number of halogens is 1. The van der Waals surface area contributed by atoms with E-state index in [0.717, 1.165) is 39.1 Å². The van der Waals surface area contributed by atoms with E-state index in [-0.39, 0.29) is 10.8 Å². The van der Waals surface area contributed by atoms with Crippen molar-refractivity contribution in [3.05, 3.63) is 29.3 Å². The van der Waals surface area contributed by atoms with Crippen molar-refractivity contribution in [3.63, 3.8) is 0 Å². The summed E-state index contributed by atoms with van der Waals surface area (Å²) in [4.78, 5) is 16.4. The second-order valence-electron chi connectivity index (χ2n) is 6.53. The van der Waals surface area contributed by atoms with Crippen LogP contribution in [0.4, 0.5) is 0 Å². The number of carbonyl (C=O) groups excluding carboxylic acids is 1. The van der Waals surface area contributed by atoms with E-state index in [4.69, 9.17) is 16.3 Å². The van der Waals surface area contributed by atoms with Gasteiger partial charge in [0.05, 0.1) is 11.0 Å². The van der Waals surface area contributed by atoms with Crippen LogP contribution in [-0.2, 0) is 19.4 Å². The highest BCUT2D eigenvalue weighted by atomic mass is 35.5. The van der Waals surface area contributed by atoms with Crippen LogP contribution in [0.5, 0.6) is 0 Å². The molecule has 3 rings (SSSR count). The largest absolute Gasteiger partial charge is 0.377 e. The first-order valence-corrected chi connectivity index (χ1v) is 10.6. The predicted molar refractivity (Wildman–Crippen MR) is 95.5 cm³/mol. The summed E-state index contributed by atoms with van der Waals surface area (Å²) < 4.78 is 30.4. The van der Waals surface area contributed by atoms with Crippen LogP contribution >= 0.6 is 11.6 Å². The summed E-state index contributed by atoms with van der Waals surface area (Å²) in [5, 5.41) is 0.465. The molecule has 2 heterocycles. The maximum absolute atomic E-state index is 12.4.